The van der Waals surface area contributed by atoms with Gasteiger partial charge in [0.2, 0.25) is 0 Å². The predicted molar refractivity (Wildman–Crippen MR) is 159 cm³/mol. The molecule has 0 spiro atoms. The Kier molecular flexibility index (Phi) is 8.67. The number of aryl methyl sites for hydroxylation is 3. The molecule has 2 heterocycles. The van der Waals surface area contributed by atoms with Crippen molar-refractivity contribution in [3.05, 3.63) is 76.3 Å². The van der Waals surface area contributed by atoms with Crippen molar-refractivity contribution in [2.45, 2.75) is 70.0 Å². The smallest absolute Gasteiger partial charge is 0.300 e. The summed E-state index contributed by atoms with van der Waals surface area (Å²) in [5.41, 5.74) is 9.32. The zero-order valence-corrected chi connectivity index (χ0v) is 24.5. The Morgan fingerprint density at radius 2 is 1.67 bits per heavy atom. The molecule has 0 radical (unpaired) electrons. The molecule has 5 nitrogen and oxygen atoms in total. The van der Waals surface area contributed by atoms with Crippen LogP contribution in [0.4, 0.5) is 0 Å². The second kappa shape index (κ2) is 12.2. The molecule has 3 aliphatic rings. The Hall–Kier alpha value is -2.77. The van der Waals surface area contributed by atoms with Gasteiger partial charge >= 0.3 is 0 Å². The number of thioether (sulfide) groups is 1. The van der Waals surface area contributed by atoms with E-state index in [1.807, 2.05) is 11.8 Å². The topological polar surface area (TPSA) is 72.8 Å². The number of aliphatic carboxylic acids is 1. The van der Waals surface area contributed by atoms with E-state index in [1.165, 1.54) is 56.0 Å². The summed E-state index contributed by atoms with van der Waals surface area (Å²) in [6.07, 6.45) is 5.25. The Bertz CT molecular complexity index is 1360. The Morgan fingerprint density at radius 1 is 0.949 bits per heavy atom. The molecule has 206 valence electrons. The highest BCUT2D eigenvalue weighted by atomic mass is 32.2. The SMILES string of the molecule is CC(=O)O.Cc1cc(OC2CCS(=O)CC2)cc(C)c1-c1cccc2c1CCC2Oc1ccc2c(c1)SCC2. The highest BCUT2D eigenvalue weighted by Crippen LogP contribution is 2.43. The van der Waals surface area contributed by atoms with Gasteiger partial charge in [0.1, 0.15) is 23.7 Å². The standard InChI is InChI=1S/C30H32O3S2.C2H4O2/c1-19-16-24(32-22-11-14-35(31)15-12-22)17-20(2)30(19)27-5-3-4-26-25(27)8-9-28(26)33-23-7-6-21-10-13-34-29(21)18-23;1-2(3)4/h3-7,16-18,22,28H,8-15H2,1-2H3;1H3,(H,3,4). The van der Waals surface area contributed by atoms with Crippen LogP contribution in [0.2, 0.25) is 0 Å². The first-order chi connectivity index (χ1) is 18.8. The fourth-order valence-corrected chi connectivity index (χ4v) is 8.21. The lowest BCUT2D eigenvalue weighted by Crippen LogP contribution is -2.27. The summed E-state index contributed by atoms with van der Waals surface area (Å²) in [5, 5.41) is 7.42. The van der Waals surface area contributed by atoms with Crippen molar-refractivity contribution in [2.24, 2.45) is 0 Å². The van der Waals surface area contributed by atoms with E-state index in [2.05, 4.69) is 62.4 Å². The highest BCUT2D eigenvalue weighted by Gasteiger charge is 2.28. The molecule has 1 aliphatic carbocycles. The normalized spacial score (nSPS) is 21.4. The van der Waals surface area contributed by atoms with Gasteiger partial charge in [-0.3, -0.25) is 9.00 Å². The summed E-state index contributed by atoms with van der Waals surface area (Å²) in [5.74, 6) is 3.78. The Labute approximate surface area is 237 Å². The van der Waals surface area contributed by atoms with Gasteiger partial charge in [-0.15, -0.1) is 11.8 Å². The molecule has 1 saturated heterocycles. The van der Waals surface area contributed by atoms with Crippen LogP contribution in [-0.2, 0) is 28.4 Å². The number of hydrogen-bond donors (Lipinski definition) is 1. The molecule has 2 aliphatic heterocycles. The van der Waals surface area contributed by atoms with E-state index >= 15 is 0 Å². The number of hydrogen-bond acceptors (Lipinski definition) is 5. The van der Waals surface area contributed by atoms with Crippen molar-refractivity contribution in [3.8, 4) is 22.6 Å². The summed E-state index contributed by atoms with van der Waals surface area (Å²) in [4.78, 5) is 10.4. The lowest BCUT2D eigenvalue weighted by molar-refractivity contribution is -0.134. The van der Waals surface area contributed by atoms with Crippen molar-refractivity contribution < 1.29 is 23.6 Å². The van der Waals surface area contributed by atoms with Crippen molar-refractivity contribution in [1.29, 1.82) is 0 Å². The maximum Gasteiger partial charge on any atom is 0.300 e. The molecular weight excluding hydrogens is 528 g/mol. The summed E-state index contributed by atoms with van der Waals surface area (Å²) >= 11 is 1.94. The van der Waals surface area contributed by atoms with E-state index in [0.29, 0.717) is 0 Å². The maximum absolute atomic E-state index is 11.7. The van der Waals surface area contributed by atoms with E-state index in [1.54, 1.807) is 0 Å². The molecule has 0 saturated carbocycles. The van der Waals surface area contributed by atoms with Crippen LogP contribution >= 0.6 is 11.8 Å². The third kappa shape index (κ3) is 6.52. The second-order valence-corrected chi connectivity index (χ2v) is 13.3. The van der Waals surface area contributed by atoms with E-state index in [-0.39, 0.29) is 12.2 Å². The van der Waals surface area contributed by atoms with Crippen molar-refractivity contribution in [3.63, 3.8) is 0 Å². The lowest BCUT2D eigenvalue weighted by Gasteiger charge is -2.24. The highest BCUT2D eigenvalue weighted by molar-refractivity contribution is 7.99. The van der Waals surface area contributed by atoms with E-state index in [4.69, 9.17) is 19.4 Å². The first kappa shape index (κ1) is 27.8. The van der Waals surface area contributed by atoms with Crippen LogP contribution in [0, 0.1) is 13.8 Å². The largest absolute Gasteiger partial charge is 0.490 e. The molecule has 1 atom stereocenters. The lowest BCUT2D eigenvalue weighted by atomic mass is 9.90. The Morgan fingerprint density at radius 3 is 2.38 bits per heavy atom. The van der Waals surface area contributed by atoms with Crippen LogP contribution in [0.25, 0.3) is 11.1 Å². The number of benzene rings is 3. The quantitative estimate of drug-likeness (QED) is 0.358. The average molecular weight is 565 g/mol. The van der Waals surface area contributed by atoms with Crippen molar-refractivity contribution in [2.75, 3.05) is 17.3 Å². The molecule has 39 heavy (non-hydrogen) atoms. The molecule has 3 aromatic rings. The number of ether oxygens (including phenoxy) is 2. The summed E-state index contributed by atoms with van der Waals surface area (Å²) < 4.78 is 24.5. The molecule has 1 N–H and O–H groups in total. The molecule has 0 aromatic heterocycles. The predicted octanol–water partition coefficient (Wildman–Crippen LogP) is 7.07. The fourth-order valence-electron chi connectivity index (χ4n) is 5.86. The zero-order valence-electron chi connectivity index (χ0n) is 22.8. The zero-order chi connectivity index (χ0) is 27.5. The summed E-state index contributed by atoms with van der Waals surface area (Å²) in [6.45, 7) is 5.46. The number of rotatable bonds is 5. The van der Waals surface area contributed by atoms with Gasteiger partial charge in [-0.05, 0) is 109 Å². The van der Waals surface area contributed by atoms with Crippen LogP contribution in [0.1, 0.15) is 60.1 Å². The fraction of sp³-hybridized carbons (Fsp3) is 0.406. The molecular formula is C32H36O5S2. The van der Waals surface area contributed by atoms with Crippen LogP contribution < -0.4 is 9.47 Å². The van der Waals surface area contributed by atoms with Gasteiger partial charge in [-0.25, -0.2) is 0 Å². The minimum atomic E-state index is -0.833. The summed E-state index contributed by atoms with van der Waals surface area (Å²) in [7, 11) is -0.664. The molecule has 1 unspecified atom stereocenters. The molecule has 3 aromatic carbocycles. The molecule has 6 rings (SSSR count). The van der Waals surface area contributed by atoms with Crippen molar-refractivity contribution in [1.82, 2.24) is 0 Å². The number of carboxylic acids is 1. The molecule has 0 amide bonds. The summed E-state index contributed by atoms with van der Waals surface area (Å²) in [6, 6.07) is 17.7. The van der Waals surface area contributed by atoms with Gasteiger partial charge < -0.3 is 14.6 Å². The Balaban J connectivity index is 0.000000723. The average Bonchev–Trinajstić information content (AvgIpc) is 3.52. The van der Waals surface area contributed by atoms with Gasteiger partial charge in [-0.2, -0.15) is 0 Å². The molecule has 1 fully saturated rings. The number of carboxylic acid groups (broad SMARTS) is 1. The first-order valence-electron chi connectivity index (χ1n) is 13.7. The van der Waals surface area contributed by atoms with E-state index in [9.17, 15) is 4.21 Å². The third-order valence-corrected chi connectivity index (χ3v) is 10.1. The van der Waals surface area contributed by atoms with Crippen LogP contribution in [-0.4, -0.2) is 38.6 Å². The maximum atomic E-state index is 11.7. The van der Waals surface area contributed by atoms with Gasteiger partial charge in [-0.1, -0.05) is 24.3 Å². The van der Waals surface area contributed by atoms with E-state index in [0.717, 1.165) is 55.6 Å². The van der Waals surface area contributed by atoms with Crippen LogP contribution in [0.5, 0.6) is 11.5 Å². The van der Waals surface area contributed by atoms with Gasteiger partial charge in [0.05, 0.1) is 0 Å². The minimum Gasteiger partial charge on any atom is -0.490 e. The third-order valence-electron chi connectivity index (χ3n) is 7.57. The van der Waals surface area contributed by atoms with Gasteiger partial charge in [0.25, 0.3) is 5.97 Å². The van der Waals surface area contributed by atoms with E-state index < -0.39 is 16.8 Å². The second-order valence-electron chi connectivity index (χ2n) is 10.5. The van der Waals surface area contributed by atoms with Crippen LogP contribution in [0.3, 0.4) is 0 Å². The monoisotopic (exact) mass is 564 g/mol. The molecule has 0 bridgehead atoms. The number of carbonyl (C=O) groups is 1. The molecule has 7 heteroatoms. The van der Waals surface area contributed by atoms with Gasteiger partial charge in [0, 0.05) is 39.9 Å². The van der Waals surface area contributed by atoms with Crippen LogP contribution in [0.15, 0.2) is 53.4 Å². The first-order valence-corrected chi connectivity index (χ1v) is 16.1. The number of fused-ring (bicyclic) bond motifs is 2. The van der Waals surface area contributed by atoms with Crippen molar-refractivity contribution >= 4 is 28.5 Å². The minimum absolute atomic E-state index is 0.106. The van der Waals surface area contributed by atoms with Gasteiger partial charge in [0.15, 0.2) is 0 Å².